The van der Waals surface area contributed by atoms with Gasteiger partial charge in [-0.15, -0.1) is 0 Å². The summed E-state index contributed by atoms with van der Waals surface area (Å²) in [5, 5.41) is 2.81. The Morgan fingerprint density at radius 3 is 2.46 bits per heavy atom. The van der Waals surface area contributed by atoms with Gasteiger partial charge in [0, 0.05) is 36.4 Å². The summed E-state index contributed by atoms with van der Waals surface area (Å²) in [5.41, 5.74) is 2.88. The van der Waals surface area contributed by atoms with Gasteiger partial charge in [-0.1, -0.05) is 18.2 Å². The Kier molecular flexibility index (Phi) is 6.88. The maximum absolute atomic E-state index is 13.0. The van der Waals surface area contributed by atoms with Gasteiger partial charge in [0.05, 0.1) is 4.90 Å². The molecule has 3 aromatic carbocycles. The van der Waals surface area contributed by atoms with Crippen molar-refractivity contribution in [2.45, 2.75) is 25.3 Å². The van der Waals surface area contributed by atoms with Crippen LogP contribution in [0.15, 0.2) is 84.0 Å². The zero-order valence-corrected chi connectivity index (χ0v) is 20.5. The molecule has 8 nitrogen and oxygen atoms in total. The van der Waals surface area contributed by atoms with E-state index < -0.39 is 15.9 Å². The molecule has 0 aliphatic rings. The number of aromatic nitrogens is 2. The summed E-state index contributed by atoms with van der Waals surface area (Å²) in [7, 11) is -1.97. The van der Waals surface area contributed by atoms with E-state index in [1.165, 1.54) is 12.1 Å². The van der Waals surface area contributed by atoms with Gasteiger partial charge in [0.2, 0.25) is 0 Å². The standard InChI is InChI=1S/C26H26N4O4S/c1-18-5-4-6-21(15-18)29-35(32,33)23-12-7-19(2)24(16-23)26(31)28-20-8-10-22(11-9-20)34-17-25-27-13-14-30(25)3/h4-16,29H,17H2,1-3H3,(H,28,31). The molecule has 0 aliphatic heterocycles. The van der Waals surface area contributed by atoms with Crippen molar-refractivity contribution in [2.24, 2.45) is 7.05 Å². The number of aryl methyl sites for hydroxylation is 3. The number of anilines is 2. The van der Waals surface area contributed by atoms with Crippen molar-refractivity contribution in [1.29, 1.82) is 0 Å². The van der Waals surface area contributed by atoms with E-state index in [-0.39, 0.29) is 10.5 Å². The van der Waals surface area contributed by atoms with Crippen LogP contribution in [0.1, 0.15) is 27.3 Å². The van der Waals surface area contributed by atoms with Crippen LogP contribution in [0, 0.1) is 13.8 Å². The molecule has 1 amide bonds. The molecule has 4 aromatic rings. The SMILES string of the molecule is Cc1cccc(NS(=O)(=O)c2ccc(C)c(C(=O)Nc3ccc(OCc4nccn4C)cc3)c2)c1. The number of hydrogen-bond acceptors (Lipinski definition) is 5. The molecule has 0 bridgehead atoms. The van der Waals surface area contributed by atoms with Crippen molar-refractivity contribution in [3.63, 3.8) is 0 Å². The molecular weight excluding hydrogens is 464 g/mol. The zero-order valence-electron chi connectivity index (χ0n) is 19.6. The van der Waals surface area contributed by atoms with Crippen LogP contribution < -0.4 is 14.8 Å². The first kappa shape index (κ1) is 24.0. The van der Waals surface area contributed by atoms with Crippen LogP contribution in [-0.4, -0.2) is 23.9 Å². The predicted octanol–water partition coefficient (Wildman–Crippen LogP) is 4.67. The molecule has 180 valence electrons. The molecule has 0 radical (unpaired) electrons. The number of nitrogens with one attached hydrogen (secondary N) is 2. The fourth-order valence-electron chi connectivity index (χ4n) is 3.45. The lowest BCUT2D eigenvalue weighted by molar-refractivity contribution is 0.102. The van der Waals surface area contributed by atoms with E-state index in [1.54, 1.807) is 61.7 Å². The van der Waals surface area contributed by atoms with Gasteiger partial charge in [-0.25, -0.2) is 13.4 Å². The lowest BCUT2D eigenvalue weighted by atomic mass is 10.1. The molecule has 1 aromatic heterocycles. The van der Waals surface area contributed by atoms with Gasteiger partial charge in [0.25, 0.3) is 15.9 Å². The minimum absolute atomic E-state index is 0.00721. The van der Waals surface area contributed by atoms with Gasteiger partial charge >= 0.3 is 0 Å². The number of rotatable bonds is 8. The van der Waals surface area contributed by atoms with Gasteiger partial charge in [0.1, 0.15) is 18.2 Å². The number of carbonyl (C=O) groups is 1. The number of hydrogen-bond donors (Lipinski definition) is 2. The average molecular weight is 491 g/mol. The van der Waals surface area contributed by atoms with Gasteiger partial charge in [0.15, 0.2) is 0 Å². The summed E-state index contributed by atoms with van der Waals surface area (Å²) in [6, 6.07) is 18.5. The second-order valence-electron chi connectivity index (χ2n) is 8.17. The highest BCUT2D eigenvalue weighted by Gasteiger charge is 2.18. The monoisotopic (exact) mass is 490 g/mol. The largest absolute Gasteiger partial charge is 0.486 e. The summed E-state index contributed by atoms with van der Waals surface area (Å²) in [6.07, 6.45) is 3.55. The lowest BCUT2D eigenvalue weighted by Gasteiger charge is -2.12. The predicted molar refractivity (Wildman–Crippen MR) is 135 cm³/mol. The first-order valence-electron chi connectivity index (χ1n) is 10.9. The number of amides is 1. The highest BCUT2D eigenvalue weighted by molar-refractivity contribution is 7.92. The first-order chi connectivity index (χ1) is 16.7. The van der Waals surface area contributed by atoms with Crippen LogP contribution in [-0.2, 0) is 23.7 Å². The topological polar surface area (TPSA) is 102 Å². The van der Waals surface area contributed by atoms with Gasteiger partial charge < -0.3 is 14.6 Å². The van der Waals surface area contributed by atoms with Crippen molar-refractivity contribution in [1.82, 2.24) is 9.55 Å². The van der Waals surface area contributed by atoms with E-state index in [2.05, 4.69) is 15.0 Å². The van der Waals surface area contributed by atoms with Crippen LogP contribution >= 0.6 is 0 Å². The molecule has 0 aliphatic carbocycles. The van der Waals surface area contributed by atoms with Crippen molar-refractivity contribution >= 4 is 27.3 Å². The maximum Gasteiger partial charge on any atom is 0.261 e. The summed E-state index contributed by atoms with van der Waals surface area (Å²) in [5.74, 6) is 1.03. The molecule has 0 atom stereocenters. The third kappa shape index (κ3) is 5.88. The van der Waals surface area contributed by atoms with E-state index >= 15 is 0 Å². The Bertz CT molecular complexity index is 1460. The van der Waals surface area contributed by atoms with E-state index in [1.807, 2.05) is 30.8 Å². The van der Waals surface area contributed by atoms with Crippen LogP contribution in [0.2, 0.25) is 0 Å². The van der Waals surface area contributed by atoms with E-state index in [9.17, 15) is 13.2 Å². The first-order valence-corrected chi connectivity index (χ1v) is 12.4. The van der Waals surface area contributed by atoms with E-state index in [0.717, 1.165) is 11.4 Å². The highest BCUT2D eigenvalue weighted by atomic mass is 32.2. The summed E-state index contributed by atoms with van der Waals surface area (Å²) in [4.78, 5) is 17.2. The normalized spacial score (nSPS) is 11.2. The quantitative estimate of drug-likeness (QED) is 0.374. The van der Waals surface area contributed by atoms with Crippen molar-refractivity contribution in [2.75, 3.05) is 10.0 Å². The third-order valence-electron chi connectivity index (χ3n) is 5.44. The smallest absolute Gasteiger partial charge is 0.261 e. The second kappa shape index (κ2) is 10.0. The Morgan fingerprint density at radius 2 is 1.77 bits per heavy atom. The zero-order chi connectivity index (χ0) is 25.0. The van der Waals surface area contributed by atoms with Gasteiger partial charge in [-0.3, -0.25) is 9.52 Å². The molecule has 0 saturated heterocycles. The Balaban J connectivity index is 1.45. The number of sulfonamides is 1. The average Bonchev–Trinajstić information content (AvgIpc) is 3.23. The molecule has 0 spiro atoms. The fourth-order valence-corrected chi connectivity index (χ4v) is 4.53. The molecule has 9 heteroatoms. The Hall–Kier alpha value is -4.11. The lowest BCUT2D eigenvalue weighted by Crippen LogP contribution is -2.17. The number of nitrogens with zero attached hydrogens (tertiary/aromatic N) is 2. The summed E-state index contributed by atoms with van der Waals surface area (Å²) >= 11 is 0. The fraction of sp³-hybridized carbons (Fsp3) is 0.154. The van der Waals surface area contributed by atoms with Gasteiger partial charge in [-0.2, -0.15) is 0 Å². The molecule has 0 unspecified atom stereocenters. The minimum atomic E-state index is -3.86. The molecule has 4 rings (SSSR count). The van der Waals surface area contributed by atoms with Crippen LogP contribution in [0.3, 0.4) is 0 Å². The minimum Gasteiger partial charge on any atom is -0.486 e. The number of benzene rings is 3. The molecule has 1 heterocycles. The Labute approximate surface area is 204 Å². The molecule has 35 heavy (non-hydrogen) atoms. The van der Waals surface area contributed by atoms with Crippen molar-refractivity contribution in [3.05, 3.63) is 102 Å². The van der Waals surface area contributed by atoms with Crippen molar-refractivity contribution in [3.8, 4) is 5.75 Å². The maximum atomic E-state index is 13.0. The third-order valence-corrected chi connectivity index (χ3v) is 6.81. The second-order valence-corrected chi connectivity index (χ2v) is 9.86. The number of carbonyl (C=O) groups excluding carboxylic acids is 1. The van der Waals surface area contributed by atoms with Crippen LogP contribution in [0.4, 0.5) is 11.4 Å². The number of imidazole rings is 1. The summed E-state index contributed by atoms with van der Waals surface area (Å²) < 4.78 is 36.0. The van der Waals surface area contributed by atoms with Gasteiger partial charge in [-0.05, 0) is 73.5 Å². The molecule has 0 fully saturated rings. The molecule has 2 N–H and O–H groups in total. The number of ether oxygens (including phenoxy) is 1. The van der Waals surface area contributed by atoms with Crippen molar-refractivity contribution < 1.29 is 17.9 Å². The molecule has 0 saturated carbocycles. The molecular formula is C26H26N4O4S. The summed E-state index contributed by atoms with van der Waals surface area (Å²) in [6.45, 7) is 3.96. The van der Waals surface area contributed by atoms with E-state index in [4.69, 9.17) is 4.74 Å². The van der Waals surface area contributed by atoms with Crippen LogP contribution in [0.25, 0.3) is 0 Å². The van der Waals surface area contributed by atoms with Crippen LogP contribution in [0.5, 0.6) is 5.75 Å². The highest BCUT2D eigenvalue weighted by Crippen LogP contribution is 2.22. The van der Waals surface area contributed by atoms with E-state index in [0.29, 0.717) is 29.3 Å². The Morgan fingerprint density at radius 1 is 1.00 bits per heavy atom.